The van der Waals surface area contributed by atoms with Crippen LogP contribution in [0.4, 0.5) is 5.82 Å². The Morgan fingerprint density at radius 1 is 1.33 bits per heavy atom. The van der Waals surface area contributed by atoms with Gasteiger partial charge in [0.05, 0.1) is 10.9 Å². The summed E-state index contributed by atoms with van der Waals surface area (Å²) in [6, 6.07) is 1.94. The normalized spacial score (nSPS) is 20.8. The Labute approximate surface area is 113 Å². The van der Waals surface area contributed by atoms with Crippen molar-refractivity contribution in [2.75, 3.05) is 11.2 Å². The van der Waals surface area contributed by atoms with E-state index >= 15 is 0 Å². The molecule has 3 N–H and O–H groups in total. The van der Waals surface area contributed by atoms with Gasteiger partial charge >= 0.3 is 0 Å². The van der Waals surface area contributed by atoms with Gasteiger partial charge in [-0.25, -0.2) is 15.8 Å². The molecule has 18 heavy (non-hydrogen) atoms. The second-order valence-electron chi connectivity index (χ2n) is 5.75. The van der Waals surface area contributed by atoms with Crippen molar-refractivity contribution in [3.05, 3.63) is 17.6 Å². The van der Waals surface area contributed by atoms with Gasteiger partial charge in [-0.2, -0.15) is 11.8 Å². The van der Waals surface area contributed by atoms with E-state index in [0.717, 1.165) is 17.3 Å². The fraction of sp³-hybridized carbons (Fsp3) is 0.692. The van der Waals surface area contributed by atoms with Crippen molar-refractivity contribution >= 4 is 17.6 Å². The molecule has 0 radical (unpaired) electrons. The quantitative estimate of drug-likeness (QED) is 0.636. The van der Waals surface area contributed by atoms with Gasteiger partial charge in [0, 0.05) is 11.5 Å². The number of anilines is 1. The Morgan fingerprint density at radius 2 is 2.11 bits per heavy atom. The minimum atomic E-state index is 0.0165. The molecular weight excluding hydrogens is 244 g/mol. The van der Waals surface area contributed by atoms with Crippen molar-refractivity contribution in [1.82, 2.24) is 9.97 Å². The molecule has 1 unspecified atom stereocenters. The van der Waals surface area contributed by atoms with Crippen LogP contribution >= 0.6 is 11.8 Å². The van der Waals surface area contributed by atoms with E-state index in [0.29, 0.717) is 5.25 Å². The summed E-state index contributed by atoms with van der Waals surface area (Å²) in [6.45, 7) is 6.48. The van der Waals surface area contributed by atoms with Gasteiger partial charge < -0.3 is 5.43 Å². The first-order valence-electron chi connectivity index (χ1n) is 6.48. The van der Waals surface area contributed by atoms with Crippen molar-refractivity contribution in [2.24, 2.45) is 5.84 Å². The fourth-order valence-corrected chi connectivity index (χ4v) is 3.26. The minimum Gasteiger partial charge on any atom is -0.308 e. The third kappa shape index (κ3) is 3.14. The van der Waals surface area contributed by atoms with Crippen LogP contribution in [-0.4, -0.2) is 15.7 Å². The van der Waals surface area contributed by atoms with E-state index in [4.69, 9.17) is 10.8 Å². The number of nitrogens with zero attached hydrogens (tertiary/aromatic N) is 2. The summed E-state index contributed by atoms with van der Waals surface area (Å²) >= 11 is 1.96. The molecule has 5 heteroatoms. The fourth-order valence-electron chi connectivity index (χ4n) is 2.01. The standard InChI is InChI=1S/C13H22N4S/c1-13(2,3)10-8-11(17-14)16-12(15-10)9-6-4-5-7-18-9/h8-9H,4-7,14H2,1-3H3,(H,15,16,17). The minimum absolute atomic E-state index is 0.0165. The van der Waals surface area contributed by atoms with Crippen LogP contribution in [0.1, 0.15) is 56.8 Å². The topological polar surface area (TPSA) is 63.8 Å². The average molecular weight is 266 g/mol. The van der Waals surface area contributed by atoms with Crippen LogP contribution in [-0.2, 0) is 5.41 Å². The molecule has 1 atom stereocenters. The molecule has 0 spiro atoms. The van der Waals surface area contributed by atoms with Gasteiger partial charge in [0.2, 0.25) is 0 Å². The summed E-state index contributed by atoms with van der Waals surface area (Å²) in [5.41, 5.74) is 3.72. The Balaban J connectivity index is 2.34. The Kier molecular flexibility index (Phi) is 4.12. The first kappa shape index (κ1) is 13.6. The molecule has 100 valence electrons. The number of hydrazine groups is 1. The highest BCUT2D eigenvalue weighted by Crippen LogP contribution is 2.37. The number of rotatable bonds is 2. The van der Waals surface area contributed by atoms with Gasteiger partial charge in [0.1, 0.15) is 11.6 Å². The van der Waals surface area contributed by atoms with E-state index < -0.39 is 0 Å². The first-order chi connectivity index (χ1) is 8.50. The molecule has 0 bridgehead atoms. The van der Waals surface area contributed by atoms with Crippen LogP contribution in [0.15, 0.2) is 6.07 Å². The second kappa shape index (κ2) is 5.45. The van der Waals surface area contributed by atoms with E-state index in [1.165, 1.54) is 25.0 Å². The molecule has 1 aromatic heterocycles. The van der Waals surface area contributed by atoms with Crippen LogP contribution in [0.2, 0.25) is 0 Å². The molecule has 2 rings (SSSR count). The predicted octanol–water partition coefficient (Wildman–Crippen LogP) is 3.02. The monoisotopic (exact) mass is 266 g/mol. The predicted molar refractivity (Wildman–Crippen MR) is 77.6 cm³/mol. The van der Waals surface area contributed by atoms with Crippen molar-refractivity contribution < 1.29 is 0 Å². The molecule has 0 aliphatic carbocycles. The number of hydrogen-bond acceptors (Lipinski definition) is 5. The number of hydrogen-bond donors (Lipinski definition) is 2. The number of nitrogen functional groups attached to an aromatic ring is 1. The van der Waals surface area contributed by atoms with Crippen LogP contribution < -0.4 is 11.3 Å². The summed E-state index contributed by atoms with van der Waals surface area (Å²) in [6.07, 6.45) is 3.75. The largest absolute Gasteiger partial charge is 0.308 e. The zero-order valence-corrected chi connectivity index (χ0v) is 12.2. The lowest BCUT2D eigenvalue weighted by Crippen LogP contribution is -2.19. The summed E-state index contributed by atoms with van der Waals surface area (Å²) in [7, 11) is 0. The molecule has 1 saturated heterocycles. The highest BCUT2D eigenvalue weighted by Gasteiger charge is 2.23. The maximum atomic E-state index is 5.51. The van der Waals surface area contributed by atoms with Gasteiger partial charge in [-0.15, -0.1) is 0 Å². The maximum Gasteiger partial charge on any atom is 0.144 e. The van der Waals surface area contributed by atoms with Crippen molar-refractivity contribution in [3.63, 3.8) is 0 Å². The van der Waals surface area contributed by atoms with Crippen molar-refractivity contribution in [3.8, 4) is 0 Å². The number of aromatic nitrogens is 2. The molecule has 0 amide bonds. The average Bonchev–Trinajstić information content (AvgIpc) is 2.38. The lowest BCUT2D eigenvalue weighted by atomic mass is 9.92. The lowest BCUT2D eigenvalue weighted by Gasteiger charge is -2.24. The summed E-state index contributed by atoms with van der Waals surface area (Å²) in [5, 5.41) is 0.424. The van der Waals surface area contributed by atoms with Gasteiger partial charge in [-0.1, -0.05) is 27.2 Å². The van der Waals surface area contributed by atoms with Gasteiger partial charge in [-0.05, 0) is 18.6 Å². The van der Waals surface area contributed by atoms with E-state index in [1.54, 1.807) is 0 Å². The zero-order chi connectivity index (χ0) is 13.2. The summed E-state index contributed by atoms with van der Waals surface area (Å²) < 4.78 is 0. The van der Waals surface area contributed by atoms with E-state index in [1.807, 2.05) is 17.8 Å². The highest BCUT2D eigenvalue weighted by atomic mass is 32.2. The van der Waals surface area contributed by atoms with Crippen LogP contribution in [0.3, 0.4) is 0 Å². The van der Waals surface area contributed by atoms with Crippen molar-refractivity contribution in [1.29, 1.82) is 0 Å². The molecule has 1 aromatic rings. The lowest BCUT2D eigenvalue weighted by molar-refractivity contribution is 0.557. The first-order valence-corrected chi connectivity index (χ1v) is 7.53. The van der Waals surface area contributed by atoms with Crippen molar-refractivity contribution in [2.45, 2.75) is 50.7 Å². The van der Waals surface area contributed by atoms with Crippen LogP contribution in [0.5, 0.6) is 0 Å². The van der Waals surface area contributed by atoms with Crippen LogP contribution in [0, 0.1) is 0 Å². The number of nitrogens with one attached hydrogen (secondary N) is 1. The van der Waals surface area contributed by atoms with Gasteiger partial charge in [0.25, 0.3) is 0 Å². The SMILES string of the molecule is CC(C)(C)c1cc(NN)nc(C2CCCCS2)n1. The van der Waals surface area contributed by atoms with E-state index in [2.05, 4.69) is 31.2 Å². The maximum absolute atomic E-state index is 5.51. The van der Waals surface area contributed by atoms with E-state index in [-0.39, 0.29) is 5.41 Å². The van der Waals surface area contributed by atoms with Crippen LogP contribution in [0.25, 0.3) is 0 Å². The molecule has 1 aliphatic heterocycles. The molecule has 2 heterocycles. The highest BCUT2D eigenvalue weighted by molar-refractivity contribution is 7.99. The summed E-state index contributed by atoms with van der Waals surface area (Å²) in [5.74, 6) is 8.37. The zero-order valence-electron chi connectivity index (χ0n) is 11.4. The Bertz CT molecular complexity index is 408. The molecule has 0 saturated carbocycles. The summed E-state index contributed by atoms with van der Waals surface area (Å²) in [4.78, 5) is 9.27. The Morgan fingerprint density at radius 3 is 2.67 bits per heavy atom. The Hall–Kier alpha value is -0.810. The smallest absolute Gasteiger partial charge is 0.144 e. The van der Waals surface area contributed by atoms with Gasteiger partial charge in [-0.3, -0.25) is 0 Å². The molecule has 4 nitrogen and oxygen atoms in total. The number of thioether (sulfide) groups is 1. The molecular formula is C13H22N4S. The number of nitrogens with two attached hydrogens (primary N) is 1. The second-order valence-corrected chi connectivity index (χ2v) is 7.06. The molecule has 0 aromatic carbocycles. The third-order valence-electron chi connectivity index (χ3n) is 3.13. The third-order valence-corrected chi connectivity index (χ3v) is 4.50. The molecule has 1 aliphatic rings. The van der Waals surface area contributed by atoms with Gasteiger partial charge in [0.15, 0.2) is 0 Å². The molecule has 1 fully saturated rings. The van der Waals surface area contributed by atoms with E-state index in [9.17, 15) is 0 Å².